The first-order chi connectivity index (χ1) is 5.70. The lowest BCUT2D eigenvalue weighted by Crippen LogP contribution is -2.25. The zero-order valence-electron chi connectivity index (χ0n) is 7.25. The van der Waals surface area contributed by atoms with Gasteiger partial charge in [0, 0.05) is 13.0 Å². The van der Waals surface area contributed by atoms with E-state index in [2.05, 4.69) is 6.58 Å². The molecule has 1 aliphatic heterocycles. The molecule has 3 nitrogen and oxygen atoms in total. The van der Waals surface area contributed by atoms with Crippen molar-refractivity contribution in [3.05, 3.63) is 12.8 Å². The van der Waals surface area contributed by atoms with Crippen LogP contribution in [0.25, 0.3) is 0 Å². The molecule has 0 N–H and O–H groups in total. The Morgan fingerprint density at radius 2 is 2.50 bits per heavy atom. The van der Waals surface area contributed by atoms with Gasteiger partial charge in [-0.3, -0.25) is 9.59 Å². The predicted octanol–water partition coefficient (Wildman–Crippen LogP) is 0.958. The minimum atomic E-state index is -0.395. The second kappa shape index (κ2) is 3.52. The lowest BCUT2D eigenvalue weighted by Gasteiger charge is -2.08. The maximum absolute atomic E-state index is 11.4. The molecule has 1 amide bonds. The molecule has 1 fully saturated rings. The summed E-state index contributed by atoms with van der Waals surface area (Å²) in [5, 5.41) is 0. The summed E-state index contributed by atoms with van der Waals surface area (Å²) in [7, 11) is 0. The molecule has 0 bridgehead atoms. The Balaban J connectivity index is 2.66. The van der Waals surface area contributed by atoms with Crippen LogP contribution in [0.4, 0.5) is 0 Å². The third kappa shape index (κ3) is 1.40. The average Bonchev–Trinajstić information content (AvgIpc) is 2.45. The van der Waals surface area contributed by atoms with Crippen LogP contribution in [-0.4, -0.2) is 23.1 Å². The van der Waals surface area contributed by atoms with Crippen molar-refractivity contribution < 1.29 is 9.59 Å². The summed E-state index contributed by atoms with van der Waals surface area (Å²) in [6, 6.07) is 0. The Labute approximate surface area is 72.0 Å². The van der Waals surface area contributed by atoms with Gasteiger partial charge in [0.1, 0.15) is 5.78 Å². The van der Waals surface area contributed by atoms with Gasteiger partial charge in [0.15, 0.2) is 0 Å². The van der Waals surface area contributed by atoms with Crippen LogP contribution in [-0.2, 0) is 9.59 Å². The molecule has 0 aromatic carbocycles. The van der Waals surface area contributed by atoms with E-state index in [0.29, 0.717) is 19.4 Å². The fraction of sp³-hybridized carbons (Fsp3) is 0.556. The standard InChI is InChI=1S/C9H13NO2/c1-3-8(11)7-5-6-10(4-2)9(7)12/h4,7H,2-3,5-6H2,1H3. The smallest absolute Gasteiger partial charge is 0.237 e. The Bertz CT molecular complexity index is 223. The van der Waals surface area contributed by atoms with Crippen LogP contribution in [0.2, 0.25) is 0 Å². The number of amides is 1. The summed E-state index contributed by atoms with van der Waals surface area (Å²) in [5.74, 6) is -0.436. The molecule has 0 saturated carbocycles. The van der Waals surface area contributed by atoms with Crippen LogP contribution in [0.3, 0.4) is 0 Å². The van der Waals surface area contributed by atoms with Crippen LogP contribution < -0.4 is 0 Å². The summed E-state index contributed by atoms with van der Waals surface area (Å²) in [5.41, 5.74) is 0. The van der Waals surface area contributed by atoms with Crippen LogP contribution in [0.15, 0.2) is 12.8 Å². The van der Waals surface area contributed by atoms with Gasteiger partial charge < -0.3 is 4.90 Å². The first-order valence-electron chi connectivity index (χ1n) is 4.16. The first-order valence-corrected chi connectivity index (χ1v) is 4.16. The van der Waals surface area contributed by atoms with Crippen LogP contribution in [0.5, 0.6) is 0 Å². The number of Topliss-reactive ketones (excluding diaryl/α,β-unsaturated/α-hetero) is 1. The van der Waals surface area contributed by atoms with Crippen molar-refractivity contribution in [2.24, 2.45) is 5.92 Å². The van der Waals surface area contributed by atoms with E-state index in [1.54, 1.807) is 6.92 Å². The average molecular weight is 167 g/mol. The van der Waals surface area contributed by atoms with Gasteiger partial charge in [-0.25, -0.2) is 0 Å². The van der Waals surface area contributed by atoms with E-state index in [9.17, 15) is 9.59 Å². The number of hydrogen-bond donors (Lipinski definition) is 0. The molecule has 1 unspecified atom stereocenters. The lowest BCUT2D eigenvalue weighted by molar-refractivity contribution is -0.135. The van der Waals surface area contributed by atoms with Gasteiger partial charge in [0.25, 0.3) is 0 Å². The van der Waals surface area contributed by atoms with Crippen LogP contribution in [0.1, 0.15) is 19.8 Å². The van der Waals surface area contributed by atoms with Crippen molar-refractivity contribution in [3.63, 3.8) is 0 Å². The molecule has 1 rings (SSSR count). The largest absolute Gasteiger partial charge is 0.319 e. The van der Waals surface area contributed by atoms with Gasteiger partial charge in [0.05, 0.1) is 5.92 Å². The van der Waals surface area contributed by atoms with E-state index >= 15 is 0 Å². The van der Waals surface area contributed by atoms with Gasteiger partial charge in [-0.15, -0.1) is 0 Å². The molecule has 12 heavy (non-hydrogen) atoms. The van der Waals surface area contributed by atoms with E-state index in [1.165, 1.54) is 11.1 Å². The summed E-state index contributed by atoms with van der Waals surface area (Å²) in [4.78, 5) is 24.1. The van der Waals surface area contributed by atoms with Gasteiger partial charge >= 0.3 is 0 Å². The molecule has 0 aliphatic carbocycles. The molecule has 1 saturated heterocycles. The minimum absolute atomic E-state index is 0.0457. The van der Waals surface area contributed by atoms with E-state index in [1.807, 2.05) is 0 Å². The van der Waals surface area contributed by atoms with Crippen molar-refractivity contribution in [2.75, 3.05) is 6.54 Å². The summed E-state index contributed by atoms with van der Waals surface area (Å²) in [6.07, 6.45) is 2.59. The predicted molar refractivity (Wildman–Crippen MR) is 45.3 cm³/mol. The number of likely N-dealkylation sites (tertiary alicyclic amines) is 1. The SMILES string of the molecule is C=CN1CCC(C(=O)CC)C1=O. The minimum Gasteiger partial charge on any atom is -0.319 e. The quantitative estimate of drug-likeness (QED) is 0.587. The number of nitrogens with zero attached hydrogens (tertiary/aromatic N) is 1. The van der Waals surface area contributed by atoms with Crippen molar-refractivity contribution in [3.8, 4) is 0 Å². The Morgan fingerprint density at radius 1 is 1.83 bits per heavy atom. The number of ketones is 1. The third-order valence-corrected chi connectivity index (χ3v) is 2.20. The summed E-state index contributed by atoms with van der Waals surface area (Å²) >= 11 is 0. The topological polar surface area (TPSA) is 37.4 Å². The number of hydrogen-bond acceptors (Lipinski definition) is 2. The van der Waals surface area contributed by atoms with Crippen molar-refractivity contribution in [1.82, 2.24) is 4.90 Å². The van der Waals surface area contributed by atoms with Gasteiger partial charge in [0.2, 0.25) is 5.91 Å². The fourth-order valence-corrected chi connectivity index (χ4v) is 1.43. The van der Waals surface area contributed by atoms with E-state index < -0.39 is 5.92 Å². The Kier molecular flexibility index (Phi) is 2.63. The second-order valence-electron chi connectivity index (χ2n) is 2.88. The zero-order valence-corrected chi connectivity index (χ0v) is 7.25. The molecule has 3 heteroatoms. The van der Waals surface area contributed by atoms with Crippen molar-refractivity contribution in [1.29, 1.82) is 0 Å². The maximum atomic E-state index is 11.4. The number of carbonyl (C=O) groups is 2. The molecular weight excluding hydrogens is 154 g/mol. The third-order valence-electron chi connectivity index (χ3n) is 2.20. The lowest BCUT2D eigenvalue weighted by atomic mass is 10.0. The molecule has 0 aromatic rings. The number of rotatable bonds is 3. The first kappa shape index (κ1) is 8.97. The molecular formula is C9H13NO2. The van der Waals surface area contributed by atoms with Gasteiger partial charge in [-0.2, -0.15) is 0 Å². The highest BCUT2D eigenvalue weighted by molar-refractivity contribution is 6.02. The highest BCUT2D eigenvalue weighted by Gasteiger charge is 2.34. The van der Waals surface area contributed by atoms with Gasteiger partial charge in [-0.05, 0) is 12.6 Å². The second-order valence-corrected chi connectivity index (χ2v) is 2.88. The fourth-order valence-electron chi connectivity index (χ4n) is 1.43. The molecule has 1 atom stereocenters. The van der Waals surface area contributed by atoms with Crippen LogP contribution >= 0.6 is 0 Å². The normalized spacial score (nSPS) is 22.9. The summed E-state index contributed by atoms with van der Waals surface area (Å²) < 4.78 is 0. The molecule has 1 aliphatic rings. The molecule has 66 valence electrons. The Morgan fingerprint density at radius 3 is 2.92 bits per heavy atom. The van der Waals surface area contributed by atoms with Crippen molar-refractivity contribution >= 4 is 11.7 Å². The highest BCUT2D eigenvalue weighted by atomic mass is 16.2. The molecule has 0 spiro atoms. The molecule has 1 heterocycles. The molecule has 0 aromatic heterocycles. The van der Waals surface area contributed by atoms with E-state index in [0.717, 1.165) is 0 Å². The van der Waals surface area contributed by atoms with E-state index in [-0.39, 0.29) is 11.7 Å². The monoisotopic (exact) mass is 167 g/mol. The van der Waals surface area contributed by atoms with E-state index in [4.69, 9.17) is 0 Å². The highest BCUT2D eigenvalue weighted by Crippen LogP contribution is 2.19. The van der Waals surface area contributed by atoms with Crippen molar-refractivity contribution in [2.45, 2.75) is 19.8 Å². The van der Waals surface area contributed by atoms with Gasteiger partial charge in [-0.1, -0.05) is 13.5 Å². The zero-order chi connectivity index (χ0) is 9.14. The van der Waals surface area contributed by atoms with Crippen LogP contribution in [0, 0.1) is 5.92 Å². The Hall–Kier alpha value is -1.12. The number of carbonyl (C=O) groups excluding carboxylic acids is 2. The summed E-state index contributed by atoms with van der Waals surface area (Å²) in [6.45, 7) is 5.93. The maximum Gasteiger partial charge on any atom is 0.237 e. The molecule has 0 radical (unpaired) electrons.